The number of nitrogens with one attached hydrogen (secondary N) is 1. The van der Waals surface area contributed by atoms with Crippen molar-refractivity contribution >= 4 is 5.78 Å². The van der Waals surface area contributed by atoms with Crippen molar-refractivity contribution in [1.82, 2.24) is 9.97 Å². The molecule has 0 spiro atoms. The number of carbonyl (C=O) groups excluding carboxylic acids is 1. The Labute approximate surface area is 80.1 Å². The van der Waals surface area contributed by atoms with Crippen molar-refractivity contribution in [2.24, 2.45) is 0 Å². The summed E-state index contributed by atoms with van der Waals surface area (Å²) < 4.78 is 5.21. The van der Waals surface area contributed by atoms with Crippen molar-refractivity contribution in [2.45, 2.75) is 20.0 Å². The number of H-pyrrole nitrogens is 1. The van der Waals surface area contributed by atoms with Crippen LogP contribution in [0.25, 0.3) is 0 Å². The number of rotatable bonds is 1. The first-order valence-electron chi connectivity index (χ1n) is 4.39. The third-order valence-electron chi connectivity index (χ3n) is 2.20. The molecule has 2 rings (SSSR count). The molecule has 1 aliphatic rings. The number of nitrogens with zero attached hydrogens (tertiary/aromatic N) is 1. The van der Waals surface area contributed by atoms with Crippen molar-refractivity contribution < 1.29 is 9.53 Å². The second kappa shape index (κ2) is 3.34. The Bertz CT molecular complexity index is 436. The molecule has 0 aromatic carbocycles. The van der Waals surface area contributed by atoms with Crippen LogP contribution < -0.4 is 5.69 Å². The highest BCUT2D eigenvalue weighted by Crippen LogP contribution is 2.15. The van der Waals surface area contributed by atoms with Crippen LogP contribution in [0.2, 0.25) is 0 Å². The van der Waals surface area contributed by atoms with E-state index in [0.29, 0.717) is 19.6 Å². The van der Waals surface area contributed by atoms with E-state index in [9.17, 15) is 9.59 Å². The number of hydrogen-bond acceptors (Lipinski definition) is 4. The molecule has 0 atom stereocenters. The molecule has 14 heavy (non-hydrogen) atoms. The summed E-state index contributed by atoms with van der Waals surface area (Å²) >= 11 is 0. The van der Waals surface area contributed by atoms with Gasteiger partial charge in [0.1, 0.15) is 5.69 Å². The minimum atomic E-state index is -0.462. The standard InChI is InChI=1S/C9H10N2O3/c1-5(12)8-6-4-14-3-2-7(6)10-9(13)11-8/h2-4H2,1H3,(H,10,11,13). The van der Waals surface area contributed by atoms with Gasteiger partial charge in [0.2, 0.25) is 0 Å². The molecular formula is C9H10N2O3. The molecule has 0 fully saturated rings. The number of aromatic amines is 1. The van der Waals surface area contributed by atoms with Gasteiger partial charge >= 0.3 is 5.69 Å². The molecule has 0 saturated carbocycles. The van der Waals surface area contributed by atoms with E-state index in [-0.39, 0.29) is 11.5 Å². The van der Waals surface area contributed by atoms with Gasteiger partial charge in [-0.05, 0) is 0 Å². The first-order chi connectivity index (χ1) is 6.68. The molecule has 2 heterocycles. The second-order valence-corrected chi connectivity index (χ2v) is 3.21. The van der Waals surface area contributed by atoms with E-state index in [4.69, 9.17) is 4.74 Å². The van der Waals surface area contributed by atoms with E-state index in [1.165, 1.54) is 6.92 Å². The predicted molar refractivity (Wildman–Crippen MR) is 48.2 cm³/mol. The summed E-state index contributed by atoms with van der Waals surface area (Å²) in [4.78, 5) is 28.6. The van der Waals surface area contributed by atoms with Crippen LogP contribution in [0.4, 0.5) is 0 Å². The summed E-state index contributed by atoms with van der Waals surface area (Å²) in [6, 6.07) is 0. The lowest BCUT2D eigenvalue weighted by Gasteiger charge is -2.16. The normalized spacial score (nSPS) is 14.9. The van der Waals surface area contributed by atoms with E-state index >= 15 is 0 Å². The Balaban J connectivity index is 2.64. The first kappa shape index (κ1) is 9.08. The highest BCUT2D eigenvalue weighted by Gasteiger charge is 2.18. The van der Waals surface area contributed by atoms with E-state index in [1.807, 2.05) is 0 Å². The van der Waals surface area contributed by atoms with Gasteiger partial charge in [-0.3, -0.25) is 4.79 Å². The van der Waals surface area contributed by atoms with Crippen molar-refractivity contribution in [2.75, 3.05) is 6.61 Å². The number of ketones is 1. The Morgan fingerprint density at radius 3 is 3.07 bits per heavy atom. The first-order valence-corrected chi connectivity index (χ1v) is 4.39. The van der Waals surface area contributed by atoms with Crippen LogP contribution >= 0.6 is 0 Å². The van der Waals surface area contributed by atoms with Crippen LogP contribution in [0.1, 0.15) is 28.7 Å². The van der Waals surface area contributed by atoms with E-state index < -0.39 is 5.69 Å². The van der Waals surface area contributed by atoms with Crippen LogP contribution in [0, 0.1) is 0 Å². The maximum absolute atomic E-state index is 11.2. The maximum atomic E-state index is 11.2. The van der Waals surface area contributed by atoms with Gasteiger partial charge in [-0.25, -0.2) is 4.79 Å². The fraction of sp³-hybridized carbons (Fsp3) is 0.444. The summed E-state index contributed by atoms with van der Waals surface area (Å²) in [5.41, 5.74) is 1.28. The van der Waals surface area contributed by atoms with E-state index in [2.05, 4.69) is 9.97 Å². The van der Waals surface area contributed by atoms with E-state index in [1.54, 1.807) is 0 Å². The van der Waals surface area contributed by atoms with Gasteiger partial charge in [-0.2, -0.15) is 4.98 Å². The minimum Gasteiger partial charge on any atom is -0.376 e. The largest absolute Gasteiger partial charge is 0.376 e. The second-order valence-electron chi connectivity index (χ2n) is 3.21. The molecule has 1 aromatic heterocycles. The van der Waals surface area contributed by atoms with Gasteiger partial charge in [0.15, 0.2) is 5.78 Å². The van der Waals surface area contributed by atoms with Gasteiger partial charge in [-0.1, -0.05) is 0 Å². The monoisotopic (exact) mass is 194 g/mol. The van der Waals surface area contributed by atoms with Gasteiger partial charge in [0.05, 0.1) is 13.2 Å². The Kier molecular flexibility index (Phi) is 2.17. The SMILES string of the molecule is CC(=O)c1nc(=O)[nH]c2c1COCC2. The summed E-state index contributed by atoms with van der Waals surface area (Å²) in [5, 5.41) is 0. The van der Waals surface area contributed by atoms with Crippen molar-refractivity contribution in [3.05, 3.63) is 27.4 Å². The molecular weight excluding hydrogens is 184 g/mol. The molecule has 0 unspecified atom stereocenters. The topological polar surface area (TPSA) is 72.0 Å². The van der Waals surface area contributed by atoms with E-state index in [0.717, 1.165) is 11.3 Å². The van der Waals surface area contributed by atoms with Crippen molar-refractivity contribution in [1.29, 1.82) is 0 Å². The van der Waals surface area contributed by atoms with Crippen LogP contribution in [0.5, 0.6) is 0 Å². The van der Waals surface area contributed by atoms with Crippen LogP contribution in [-0.2, 0) is 17.8 Å². The molecule has 5 nitrogen and oxygen atoms in total. The van der Waals surface area contributed by atoms with Crippen molar-refractivity contribution in [3.63, 3.8) is 0 Å². The third-order valence-corrected chi connectivity index (χ3v) is 2.20. The molecule has 0 bridgehead atoms. The zero-order valence-electron chi connectivity index (χ0n) is 7.79. The van der Waals surface area contributed by atoms with Gasteiger partial charge in [0.25, 0.3) is 0 Å². The quantitative estimate of drug-likeness (QED) is 0.641. The van der Waals surface area contributed by atoms with Crippen LogP contribution in [0.15, 0.2) is 4.79 Å². The van der Waals surface area contributed by atoms with Crippen LogP contribution in [0.3, 0.4) is 0 Å². The number of fused-ring (bicyclic) bond motifs is 1. The number of aromatic nitrogens is 2. The summed E-state index contributed by atoms with van der Waals surface area (Å²) in [5.74, 6) is -0.196. The predicted octanol–water partition coefficient (Wildman–Crippen LogP) is 0.0452. The number of carbonyl (C=O) groups is 1. The Hall–Kier alpha value is -1.49. The van der Waals surface area contributed by atoms with Gasteiger partial charge < -0.3 is 9.72 Å². The number of hydrogen-bond donors (Lipinski definition) is 1. The van der Waals surface area contributed by atoms with Crippen molar-refractivity contribution in [3.8, 4) is 0 Å². The molecule has 1 N–H and O–H groups in total. The third kappa shape index (κ3) is 1.46. The number of ether oxygens (including phenoxy) is 1. The highest BCUT2D eigenvalue weighted by atomic mass is 16.5. The number of Topliss-reactive ketones (excluding diaryl/α,β-unsaturated/α-hetero) is 1. The zero-order valence-corrected chi connectivity index (χ0v) is 7.79. The summed E-state index contributed by atoms with van der Waals surface area (Å²) in [6.45, 7) is 2.33. The zero-order chi connectivity index (χ0) is 10.1. The lowest BCUT2D eigenvalue weighted by molar-refractivity contribution is 0.0963. The average Bonchev–Trinajstić information content (AvgIpc) is 2.16. The lowest BCUT2D eigenvalue weighted by Crippen LogP contribution is -2.25. The fourth-order valence-electron chi connectivity index (χ4n) is 1.55. The highest BCUT2D eigenvalue weighted by molar-refractivity contribution is 5.93. The van der Waals surface area contributed by atoms with Gasteiger partial charge in [-0.15, -0.1) is 0 Å². The summed E-state index contributed by atoms with van der Waals surface area (Å²) in [6.07, 6.45) is 0.632. The average molecular weight is 194 g/mol. The molecule has 1 aliphatic heterocycles. The van der Waals surface area contributed by atoms with Crippen LogP contribution in [-0.4, -0.2) is 22.4 Å². The maximum Gasteiger partial charge on any atom is 0.345 e. The molecule has 0 radical (unpaired) electrons. The molecule has 0 aliphatic carbocycles. The fourth-order valence-corrected chi connectivity index (χ4v) is 1.55. The molecule has 0 amide bonds. The minimum absolute atomic E-state index is 0.196. The Morgan fingerprint density at radius 2 is 2.36 bits per heavy atom. The molecule has 0 saturated heterocycles. The smallest absolute Gasteiger partial charge is 0.345 e. The van der Waals surface area contributed by atoms with Gasteiger partial charge in [0, 0.05) is 24.6 Å². The Morgan fingerprint density at radius 1 is 1.57 bits per heavy atom. The molecule has 74 valence electrons. The summed E-state index contributed by atoms with van der Waals surface area (Å²) in [7, 11) is 0. The molecule has 1 aromatic rings. The lowest BCUT2D eigenvalue weighted by atomic mass is 10.1. The molecule has 5 heteroatoms.